The zero-order chi connectivity index (χ0) is 12.5. The number of allylic oxidation sites excluding steroid dienone is 2. The molecule has 0 radical (unpaired) electrons. The average Bonchev–Trinajstić information content (AvgIpc) is 2.15. The molecule has 4 nitrogen and oxygen atoms in total. The number of hydrogen-bond acceptors (Lipinski definition) is 2. The highest BCUT2D eigenvalue weighted by Crippen LogP contribution is 2.39. The van der Waals surface area contributed by atoms with Crippen LogP contribution in [0.4, 0.5) is 0 Å². The Morgan fingerprint density at radius 1 is 1.19 bits per heavy atom. The van der Waals surface area contributed by atoms with Crippen molar-refractivity contribution >= 4 is 51.2 Å². The van der Waals surface area contributed by atoms with E-state index in [4.69, 9.17) is 43.5 Å². The van der Waals surface area contributed by atoms with E-state index >= 15 is 0 Å². The van der Waals surface area contributed by atoms with Gasteiger partial charge in [0, 0.05) is 0 Å². The van der Waals surface area contributed by atoms with E-state index in [2.05, 4.69) is 0 Å². The molecular formula is C8H9Cl3O4Si. The van der Waals surface area contributed by atoms with Crippen LogP contribution >= 0.6 is 33.2 Å². The first kappa shape index (κ1) is 13.8. The summed E-state index contributed by atoms with van der Waals surface area (Å²) in [6.45, 7) is 0. The van der Waals surface area contributed by atoms with E-state index in [0.29, 0.717) is 5.20 Å². The monoisotopic (exact) mass is 302 g/mol. The molecule has 2 atom stereocenters. The number of halogens is 3. The smallest absolute Gasteiger partial charge is 0.368 e. The van der Waals surface area contributed by atoms with E-state index in [-0.39, 0.29) is 12.8 Å². The topological polar surface area (TPSA) is 74.6 Å². The number of carboxylic acids is 2. The van der Waals surface area contributed by atoms with Crippen molar-refractivity contribution in [1.82, 2.24) is 0 Å². The fourth-order valence-corrected chi connectivity index (χ4v) is 3.85. The molecule has 1 rings (SSSR count). The molecule has 0 spiro atoms. The molecule has 16 heavy (non-hydrogen) atoms. The van der Waals surface area contributed by atoms with Crippen LogP contribution in [0.2, 0.25) is 0 Å². The SMILES string of the molecule is O=C(O)C1CC=C([Si](Cl)(Cl)Cl)CC1C(=O)O. The molecule has 90 valence electrons. The molecule has 1 aliphatic carbocycles. The van der Waals surface area contributed by atoms with Crippen molar-refractivity contribution in [3.05, 3.63) is 11.3 Å². The third-order valence-electron chi connectivity index (χ3n) is 2.54. The van der Waals surface area contributed by atoms with Crippen molar-refractivity contribution in [1.29, 1.82) is 0 Å². The molecule has 0 aliphatic heterocycles. The quantitative estimate of drug-likeness (QED) is 0.620. The Hall–Kier alpha value is -0.233. The summed E-state index contributed by atoms with van der Waals surface area (Å²) in [4.78, 5) is 21.8. The van der Waals surface area contributed by atoms with E-state index in [1.54, 1.807) is 6.08 Å². The second kappa shape index (κ2) is 4.95. The highest BCUT2D eigenvalue weighted by atomic mass is 35.8. The second-order valence-corrected chi connectivity index (χ2v) is 12.0. The molecule has 2 N–H and O–H groups in total. The molecule has 0 aromatic rings. The Bertz CT molecular complexity index is 350. The van der Waals surface area contributed by atoms with E-state index in [9.17, 15) is 9.59 Å². The summed E-state index contributed by atoms with van der Waals surface area (Å²) < 4.78 is 0. The third kappa shape index (κ3) is 3.13. The van der Waals surface area contributed by atoms with Crippen molar-refractivity contribution in [3.63, 3.8) is 0 Å². The minimum atomic E-state index is -3.09. The number of carboxylic acid groups (broad SMARTS) is 2. The molecule has 8 heteroatoms. The summed E-state index contributed by atoms with van der Waals surface area (Å²) in [5.74, 6) is -4.25. The molecular weight excluding hydrogens is 295 g/mol. The zero-order valence-electron chi connectivity index (χ0n) is 7.99. The van der Waals surface area contributed by atoms with Crippen molar-refractivity contribution in [2.45, 2.75) is 12.8 Å². The van der Waals surface area contributed by atoms with E-state index < -0.39 is 29.8 Å². The van der Waals surface area contributed by atoms with Gasteiger partial charge < -0.3 is 10.2 Å². The standard InChI is InChI=1S/C8H9Cl3O4Si/c9-16(10,11)4-1-2-5(7(12)13)6(3-4)8(14)15/h1,5-6H,2-3H2,(H,12,13)(H,14,15). The normalized spacial score (nSPS) is 26.1. The molecule has 0 aromatic heterocycles. The number of carbonyl (C=O) groups is 2. The van der Waals surface area contributed by atoms with Crippen LogP contribution in [0.15, 0.2) is 11.3 Å². The van der Waals surface area contributed by atoms with Gasteiger partial charge in [-0.2, -0.15) is 0 Å². The van der Waals surface area contributed by atoms with Crippen LogP contribution in [0.25, 0.3) is 0 Å². The molecule has 2 unspecified atom stereocenters. The Kier molecular flexibility index (Phi) is 4.28. The lowest BCUT2D eigenvalue weighted by atomic mass is 9.83. The van der Waals surface area contributed by atoms with E-state index in [1.165, 1.54) is 0 Å². The maximum Gasteiger partial charge on any atom is 0.368 e. The molecule has 0 saturated heterocycles. The third-order valence-corrected chi connectivity index (χ3v) is 5.86. The van der Waals surface area contributed by atoms with Gasteiger partial charge in [-0.3, -0.25) is 9.59 Å². The van der Waals surface area contributed by atoms with E-state index in [0.717, 1.165) is 0 Å². The predicted octanol–water partition coefficient (Wildman–Crippen LogP) is 2.30. The maximum absolute atomic E-state index is 10.9. The second-order valence-electron chi connectivity index (χ2n) is 3.56. The van der Waals surface area contributed by atoms with Crippen molar-refractivity contribution < 1.29 is 19.8 Å². The van der Waals surface area contributed by atoms with Crippen LogP contribution in [-0.4, -0.2) is 28.2 Å². The van der Waals surface area contributed by atoms with Gasteiger partial charge in [0.05, 0.1) is 11.8 Å². The van der Waals surface area contributed by atoms with E-state index in [1.807, 2.05) is 0 Å². The van der Waals surface area contributed by atoms with Gasteiger partial charge in [0.1, 0.15) is 0 Å². The first-order chi connectivity index (χ1) is 7.23. The van der Waals surface area contributed by atoms with Gasteiger partial charge in [-0.15, -0.1) is 33.2 Å². The molecule has 0 bridgehead atoms. The highest BCUT2D eigenvalue weighted by Gasteiger charge is 2.42. The number of aliphatic carboxylic acids is 2. The molecule has 0 aromatic carbocycles. The van der Waals surface area contributed by atoms with Gasteiger partial charge in [-0.05, 0) is 18.0 Å². The first-order valence-electron chi connectivity index (χ1n) is 4.45. The summed E-state index contributed by atoms with van der Waals surface area (Å²) in [6.07, 6.45) is 1.66. The Morgan fingerprint density at radius 2 is 1.69 bits per heavy atom. The fraction of sp³-hybridized carbons (Fsp3) is 0.500. The van der Waals surface area contributed by atoms with Crippen LogP contribution in [0.5, 0.6) is 0 Å². The average molecular weight is 304 g/mol. The highest BCUT2D eigenvalue weighted by molar-refractivity contribution is 7.67. The van der Waals surface area contributed by atoms with Crippen LogP contribution in [-0.2, 0) is 9.59 Å². The predicted molar refractivity (Wildman–Crippen MR) is 62.9 cm³/mol. The Morgan fingerprint density at radius 3 is 2.06 bits per heavy atom. The van der Waals surface area contributed by atoms with Crippen LogP contribution < -0.4 is 0 Å². The van der Waals surface area contributed by atoms with Crippen molar-refractivity contribution in [2.75, 3.05) is 0 Å². The lowest BCUT2D eigenvalue weighted by Gasteiger charge is -2.27. The largest absolute Gasteiger partial charge is 0.481 e. The number of rotatable bonds is 3. The van der Waals surface area contributed by atoms with Gasteiger partial charge in [-0.1, -0.05) is 6.08 Å². The molecule has 0 amide bonds. The summed E-state index contributed by atoms with van der Waals surface area (Å²) >= 11 is 17.3. The van der Waals surface area contributed by atoms with Gasteiger partial charge >= 0.3 is 17.9 Å². The van der Waals surface area contributed by atoms with Gasteiger partial charge in [0.15, 0.2) is 0 Å². The summed E-state index contributed by atoms with van der Waals surface area (Å²) in [5, 5.41) is 18.3. The van der Waals surface area contributed by atoms with Gasteiger partial charge in [-0.25, -0.2) is 0 Å². The fourth-order valence-electron chi connectivity index (χ4n) is 1.66. The number of hydrogen-bond donors (Lipinski definition) is 2. The minimum Gasteiger partial charge on any atom is -0.481 e. The minimum absolute atomic E-state index is 0.00895. The van der Waals surface area contributed by atoms with Crippen LogP contribution in [0, 0.1) is 11.8 Å². The molecule has 1 aliphatic rings. The van der Waals surface area contributed by atoms with Crippen LogP contribution in [0.1, 0.15) is 12.8 Å². The summed E-state index contributed by atoms with van der Waals surface area (Å²) in [5.41, 5.74) is 0. The summed E-state index contributed by atoms with van der Waals surface area (Å²) in [7, 11) is 0. The van der Waals surface area contributed by atoms with Crippen molar-refractivity contribution in [2.24, 2.45) is 11.8 Å². The van der Waals surface area contributed by atoms with Gasteiger partial charge in [0.25, 0.3) is 0 Å². The Balaban J connectivity index is 2.95. The lowest BCUT2D eigenvalue weighted by Crippen LogP contribution is -2.35. The summed E-state index contributed by atoms with van der Waals surface area (Å²) in [6, 6.07) is -3.09. The molecule has 0 heterocycles. The van der Waals surface area contributed by atoms with Crippen molar-refractivity contribution in [3.8, 4) is 0 Å². The Labute approximate surface area is 107 Å². The van der Waals surface area contributed by atoms with Crippen LogP contribution in [0.3, 0.4) is 0 Å². The lowest BCUT2D eigenvalue weighted by molar-refractivity contribution is -0.153. The molecule has 0 fully saturated rings. The van der Waals surface area contributed by atoms with Gasteiger partial charge in [0.2, 0.25) is 0 Å². The first-order valence-corrected chi connectivity index (χ1v) is 9.49. The molecule has 0 saturated carbocycles. The maximum atomic E-state index is 10.9. The zero-order valence-corrected chi connectivity index (χ0v) is 11.3.